The van der Waals surface area contributed by atoms with E-state index in [2.05, 4.69) is 9.72 Å². The Hall–Kier alpha value is -2.06. The van der Waals surface area contributed by atoms with E-state index < -0.39 is 36.6 Å². The van der Waals surface area contributed by atoms with Crippen LogP contribution in [0.4, 0.5) is 22.4 Å². The highest BCUT2D eigenvalue weighted by Gasteiger charge is 2.29. The van der Waals surface area contributed by atoms with Crippen molar-refractivity contribution in [3.8, 4) is 5.88 Å². The zero-order chi connectivity index (χ0) is 15.5. The number of rotatable bonds is 4. The normalized spacial score (nSPS) is 12.9. The fourth-order valence-corrected chi connectivity index (χ4v) is 1.31. The third kappa shape index (κ3) is 4.25. The lowest BCUT2D eigenvalue weighted by molar-refractivity contribution is -0.154. The van der Waals surface area contributed by atoms with Crippen LogP contribution in [0.15, 0.2) is 12.3 Å². The summed E-state index contributed by atoms with van der Waals surface area (Å²) in [5.74, 6) is -1.87. The highest BCUT2D eigenvalue weighted by atomic mass is 19.4. The van der Waals surface area contributed by atoms with Crippen LogP contribution in [0, 0.1) is 5.82 Å². The summed E-state index contributed by atoms with van der Waals surface area (Å²) in [6.07, 6.45) is -4.75. The minimum Gasteiger partial charge on any atom is -0.466 e. The van der Waals surface area contributed by atoms with Gasteiger partial charge in [-0.3, -0.25) is 0 Å². The zero-order valence-corrected chi connectivity index (χ0v) is 10.6. The first-order valence-electron chi connectivity index (χ1n) is 5.42. The number of carbonyl (C=O) groups is 1. The van der Waals surface area contributed by atoms with Crippen molar-refractivity contribution < 1.29 is 32.2 Å². The smallest absolute Gasteiger partial charge is 0.422 e. The molecular formula is C11H12F4N2O3. The molecule has 1 aromatic rings. The van der Waals surface area contributed by atoms with Gasteiger partial charge in [-0.1, -0.05) is 0 Å². The second-order valence-corrected chi connectivity index (χ2v) is 4.03. The SMILES string of the molecule is CC(c1cnc(OCC(F)(F)F)c(F)c1)N(C)C(=O)O. The molecule has 1 amide bonds. The van der Waals surface area contributed by atoms with Crippen molar-refractivity contribution in [2.45, 2.75) is 19.1 Å². The van der Waals surface area contributed by atoms with Gasteiger partial charge in [0.25, 0.3) is 5.88 Å². The summed E-state index contributed by atoms with van der Waals surface area (Å²) in [4.78, 5) is 15.1. The van der Waals surface area contributed by atoms with E-state index in [1.54, 1.807) is 0 Å². The molecule has 5 nitrogen and oxygen atoms in total. The maximum atomic E-state index is 13.5. The largest absolute Gasteiger partial charge is 0.466 e. The van der Waals surface area contributed by atoms with Crippen molar-refractivity contribution >= 4 is 6.09 Å². The van der Waals surface area contributed by atoms with Crippen molar-refractivity contribution in [3.63, 3.8) is 0 Å². The molecular weight excluding hydrogens is 284 g/mol. The second kappa shape index (κ2) is 5.93. The fourth-order valence-electron chi connectivity index (χ4n) is 1.31. The Morgan fingerprint density at radius 1 is 1.55 bits per heavy atom. The van der Waals surface area contributed by atoms with Crippen LogP contribution >= 0.6 is 0 Å². The lowest BCUT2D eigenvalue weighted by Crippen LogP contribution is -2.28. The van der Waals surface area contributed by atoms with E-state index in [0.29, 0.717) is 0 Å². The molecule has 0 radical (unpaired) electrons. The van der Waals surface area contributed by atoms with Gasteiger partial charge in [0.15, 0.2) is 12.4 Å². The molecule has 0 aromatic carbocycles. The molecule has 1 rings (SSSR count). The minimum absolute atomic E-state index is 0.201. The second-order valence-electron chi connectivity index (χ2n) is 4.03. The van der Waals surface area contributed by atoms with Crippen LogP contribution in [0.5, 0.6) is 5.88 Å². The number of halogens is 4. The molecule has 20 heavy (non-hydrogen) atoms. The standard InChI is InChI=1S/C11H12F4N2O3/c1-6(17(2)10(18)19)7-3-8(12)9(16-4-7)20-5-11(13,14)15/h3-4,6H,5H2,1-2H3,(H,18,19). The van der Waals surface area contributed by atoms with Gasteiger partial charge in [-0.25, -0.2) is 14.2 Å². The number of carboxylic acid groups (broad SMARTS) is 1. The molecule has 1 heterocycles. The van der Waals surface area contributed by atoms with Crippen LogP contribution in [0.3, 0.4) is 0 Å². The van der Waals surface area contributed by atoms with Crippen molar-refractivity contribution in [2.75, 3.05) is 13.7 Å². The maximum absolute atomic E-state index is 13.5. The van der Waals surface area contributed by atoms with Crippen molar-refractivity contribution in [1.29, 1.82) is 0 Å². The average molecular weight is 296 g/mol. The molecule has 0 saturated carbocycles. The monoisotopic (exact) mass is 296 g/mol. The highest BCUT2D eigenvalue weighted by Crippen LogP contribution is 2.24. The summed E-state index contributed by atoms with van der Waals surface area (Å²) in [6, 6.07) is 0.189. The lowest BCUT2D eigenvalue weighted by Gasteiger charge is -2.22. The molecule has 1 N–H and O–H groups in total. The number of hydrogen-bond acceptors (Lipinski definition) is 3. The number of ether oxygens (including phenoxy) is 1. The Morgan fingerprint density at radius 2 is 2.15 bits per heavy atom. The summed E-state index contributed by atoms with van der Waals surface area (Å²) in [5, 5.41) is 8.77. The Balaban J connectivity index is 2.85. The minimum atomic E-state index is -4.59. The molecule has 0 aliphatic carbocycles. The van der Waals surface area contributed by atoms with Crippen LogP contribution in [-0.4, -0.2) is 40.9 Å². The molecule has 0 spiro atoms. The van der Waals surface area contributed by atoms with E-state index in [0.717, 1.165) is 17.2 Å². The molecule has 0 saturated heterocycles. The number of pyridine rings is 1. The number of hydrogen-bond donors (Lipinski definition) is 1. The topological polar surface area (TPSA) is 62.7 Å². The molecule has 0 fully saturated rings. The van der Waals surface area contributed by atoms with Gasteiger partial charge >= 0.3 is 12.3 Å². The summed E-state index contributed by atoms with van der Waals surface area (Å²) in [6.45, 7) is -0.165. The number of alkyl halides is 3. The van der Waals surface area contributed by atoms with Crippen molar-refractivity contribution in [3.05, 3.63) is 23.6 Å². The molecule has 0 bridgehead atoms. The number of aromatic nitrogens is 1. The van der Waals surface area contributed by atoms with E-state index in [1.165, 1.54) is 14.0 Å². The Bertz CT molecular complexity index is 493. The molecule has 1 atom stereocenters. The summed E-state index contributed by atoms with van der Waals surface area (Å²) in [7, 11) is 1.28. The Morgan fingerprint density at radius 3 is 2.60 bits per heavy atom. The summed E-state index contributed by atoms with van der Waals surface area (Å²) >= 11 is 0. The van der Waals surface area contributed by atoms with Gasteiger partial charge < -0.3 is 14.7 Å². The summed E-state index contributed by atoms with van der Waals surface area (Å²) in [5.41, 5.74) is 0.201. The predicted octanol–water partition coefficient (Wildman–Crippen LogP) is 2.83. The zero-order valence-electron chi connectivity index (χ0n) is 10.6. The third-order valence-corrected chi connectivity index (χ3v) is 2.57. The van der Waals surface area contributed by atoms with Gasteiger partial charge in [0.2, 0.25) is 0 Å². The molecule has 0 aliphatic rings. The van der Waals surface area contributed by atoms with Gasteiger partial charge in [0.1, 0.15) is 0 Å². The van der Waals surface area contributed by atoms with Gasteiger partial charge in [-0.2, -0.15) is 13.2 Å². The quantitative estimate of drug-likeness (QED) is 0.868. The first-order valence-corrected chi connectivity index (χ1v) is 5.42. The van der Waals surface area contributed by atoms with Crippen LogP contribution in [-0.2, 0) is 0 Å². The van der Waals surface area contributed by atoms with Gasteiger partial charge in [0, 0.05) is 13.2 Å². The summed E-state index contributed by atoms with van der Waals surface area (Å²) < 4.78 is 53.5. The van der Waals surface area contributed by atoms with E-state index in [1.807, 2.05) is 0 Å². The van der Waals surface area contributed by atoms with Gasteiger partial charge in [-0.05, 0) is 18.6 Å². The average Bonchev–Trinajstić information content (AvgIpc) is 2.34. The van der Waals surface area contributed by atoms with Crippen LogP contribution in [0.25, 0.3) is 0 Å². The highest BCUT2D eigenvalue weighted by molar-refractivity contribution is 5.65. The van der Waals surface area contributed by atoms with E-state index in [-0.39, 0.29) is 5.56 Å². The molecule has 112 valence electrons. The molecule has 1 unspecified atom stereocenters. The van der Waals surface area contributed by atoms with Gasteiger partial charge in [-0.15, -0.1) is 0 Å². The lowest BCUT2D eigenvalue weighted by atomic mass is 10.1. The van der Waals surface area contributed by atoms with E-state index in [4.69, 9.17) is 5.11 Å². The number of nitrogens with zero attached hydrogens (tertiary/aromatic N) is 2. The first kappa shape index (κ1) is 16.0. The van der Waals surface area contributed by atoms with Crippen LogP contribution in [0.1, 0.15) is 18.5 Å². The molecule has 1 aromatic heterocycles. The Labute approximate surface area is 111 Å². The van der Waals surface area contributed by atoms with Crippen LogP contribution in [0.2, 0.25) is 0 Å². The third-order valence-electron chi connectivity index (χ3n) is 2.57. The van der Waals surface area contributed by atoms with Crippen molar-refractivity contribution in [2.24, 2.45) is 0 Å². The van der Waals surface area contributed by atoms with E-state index in [9.17, 15) is 22.4 Å². The first-order chi connectivity index (χ1) is 9.11. The van der Waals surface area contributed by atoms with Crippen LogP contribution < -0.4 is 4.74 Å². The Kier molecular flexibility index (Phi) is 4.74. The van der Waals surface area contributed by atoms with Gasteiger partial charge in [0.05, 0.1) is 6.04 Å². The fraction of sp³-hybridized carbons (Fsp3) is 0.455. The molecule has 9 heteroatoms. The van der Waals surface area contributed by atoms with E-state index >= 15 is 0 Å². The number of amides is 1. The molecule has 0 aliphatic heterocycles. The van der Waals surface area contributed by atoms with Crippen molar-refractivity contribution in [1.82, 2.24) is 9.88 Å². The maximum Gasteiger partial charge on any atom is 0.422 e. The predicted molar refractivity (Wildman–Crippen MR) is 59.9 cm³/mol.